The van der Waals surface area contributed by atoms with Crippen LogP contribution < -0.4 is 0 Å². The number of ketones is 1. The minimum absolute atomic E-state index is 0.0700. The fourth-order valence-corrected chi connectivity index (χ4v) is 1.21. The predicted octanol–water partition coefficient (Wildman–Crippen LogP) is 1.69. The Kier molecular flexibility index (Phi) is 4.18. The Bertz CT molecular complexity index is 352. The van der Waals surface area contributed by atoms with Gasteiger partial charge in [0.15, 0.2) is 0 Å². The molecule has 0 fully saturated rings. The number of hydrogen-bond acceptors (Lipinski definition) is 4. The fourth-order valence-electron chi connectivity index (χ4n) is 1.21. The van der Waals surface area contributed by atoms with E-state index >= 15 is 0 Å². The summed E-state index contributed by atoms with van der Waals surface area (Å²) in [6.45, 7) is 8.56. The van der Waals surface area contributed by atoms with Gasteiger partial charge in [0.2, 0.25) is 5.78 Å². The third-order valence-corrected chi connectivity index (χ3v) is 1.98. The maximum Gasteiger partial charge on any atom is 0.208 e. The van der Waals surface area contributed by atoms with Crippen molar-refractivity contribution < 1.29 is 9.53 Å². The highest BCUT2D eigenvalue weighted by atomic mass is 16.5. The van der Waals surface area contributed by atoms with Gasteiger partial charge in [-0.1, -0.05) is 12.1 Å². The van der Waals surface area contributed by atoms with E-state index in [9.17, 15) is 4.79 Å². The van der Waals surface area contributed by atoms with Gasteiger partial charge in [0.05, 0.1) is 11.8 Å². The van der Waals surface area contributed by atoms with Crippen molar-refractivity contribution >= 4 is 5.78 Å². The SMILES string of the molecule is CCCn1nncc1C(=O)COC(C)(C)C. The molecule has 0 spiro atoms. The number of aryl methyl sites for hydroxylation is 1. The largest absolute Gasteiger partial charge is 0.368 e. The van der Waals surface area contributed by atoms with Crippen molar-refractivity contribution in [3.8, 4) is 0 Å². The number of ether oxygens (including phenoxy) is 1. The molecule has 1 aromatic heterocycles. The Hall–Kier alpha value is -1.23. The van der Waals surface area contributed by atoms with Crippen molar-refractivity contribution in [2.45, 2.75) is 46.3 Å². The number of carbonyl (C=O) groups is 1. The van der Waals surface area contributed by atoms with E-state index in [1.165, 1.54) is 6.20 Å². The lowest BCUT2D eigenvalue weighted by molar-refractivity contribution is 0.00264. The lowest BCUT2D eigenvalue weighted by Gasteiger charge is -2.18. The number of hydrogen-bond donors (Lipinski definition) is 0. The molecular formula is C11H19N3O2. The minimum atomic E-state index is -0.307. The first-order chi connectivity index (χ1) is 7.44. The molecule has 0 N–H and O–H groups in total. The Balaban J connectivity index is 2.62. The minimum Gasteiger partial charge on any atom is -0.368 e. The molecule has 1 aromatic rings. The summed E-state index contributed by atoms with van der Waals surface area (Å²) < 4.78 is 7.05. The summed E-state index contributed by atoms with van der Waals surface area (Å²) in [5.41, 5.74) is 0.213. The molecule has 0 amide bonds. The van der Waals surface area contributed by atoms with E-state index in [4.69, 9.17) is 4.74 Å². The molecule has 0 aliphatic rings. The van der Waals surface area contributed by atoms with Crippen molar-refractivity contribution in [3.05, 3.63) is 11.9 Å². The van der Waals surface area contributed by atoms with E-state index < -0.39 is 0 Å². The van der Waals surface area contributed by atoms with Crippen LogP contribution in [0.15, 0.2) is 6.20 Å². The topological polar surface area (TPSA) is 57.0 Å². The maximum atomic E-state index is 11.8. The van der Waals surface area contributed by atoms with Crippen LogP contribution in [0.5, 0.6) is 0 Å². The Morgan fingerprint density at radius 1 is 1.50 bits per heavy atom. The van der Waals surface area contributed by atoms with Crippen LogP contribution in [0.4, 0.5) is 0 Å². The molecule has 1 heterocycles. The van der Waals surface area contributed by atoms with E-state index in [1.54, 1.807) is 4.68 Å². The highest BCUT2D eigenvalue weighted by Crippen LogP contribution is 2.08. The van der Waals surface area contributed by atoms with Crippen LogP contribution in [0.3, 0.4) is 0 Å². The van der Waals surface area contributed by atoms with Gasteiger partial charge in [-0.3, -0.25) is 4.79 Å². The van der Waals surface area contributed by atoms with Gasteiger partial charge in [-0.2, -0.15) is 0 Å². The number of Topliss-reactive ketones (excluding diaryl/α,β-unsaturated/α-hetero) is 1. The molecule has 5 heteroatoms. The number of nitrogens with zero attached hydrogens (tertiary/aromatic N) is 3. The summed E-state index contributed by atoms with van der Waals surface area (Å²) in [6.07, 6.45) is 2.41. The molecule has 0 aliphatic heterocycles. The Morgan fingerprint density at radius 3 is 2.75 bits per heavy atom. The first-order valence-electron chi connectivity index (χ1n) is 5.49. The Morgan fingerprint density at radius 2 is 2.19 bits per heavy atom. The van der Waals surface area contributed by atoms with Crippen molar-refractivity contribution in [3.63, 3.8) is 0 Å². The quantitative estimate of drug-likeness (QED) is 0.715. The predicted molar refractivity (Wildman–Crippen MR) is 60.3 cm³/mol. The van der Waals surface area contributed by atoms with Gasteiger partial charge in [0.25, 0.3) is 0 Å². The van der Waals surface area contributed by atoms with Crippen LogP contribution in [0.25, 0.3) is 0 Å². The van der Waals surface area contributed by atoms with Crippen LogP contribution in [0.1, 0.15) is 44.6 Å². The van der Waals surface area contributed by atoms with E-state index in [0.29, 0.717) is 12.2 Å². The first-order valence-corrected chi connectivity index (χ1v) is 5.49. The average molecular weight is 225 g/mol. The summed E-state index contributed by atoms with van der Waals surface area (Å²) in [5, 5.41) is 7.60. The molecule has 5 nitrogen and oxygen atoms in total. The summed E-state index contributed by atoms with van der Waals surface area (Å²) in [6, 6.07) is 0. The van der Waals surface area contributed by atoms with Crippen molar-refractivity contribution in [1.82, 2.24) is 15.0 Å². The molecule has 16 heavy (non-hydrogen) atoms. The molecule has 0 atom stereocenters. The molecule has 0 saturated heterocycles. The number of aromatic nitrogens is 3. The van der Waals surface area contributed by atoms with Crippen molar-refractivity contribution in [1.29, 1.82) is 0 Å². The Labute approximate surface area is 95.8 Å². The van der Waals surface area contributed by atoms with Gasteiger partial charge in [0.1, 0.15) is 12.3 Å². The molecule has 0 aromatic carbocycles. The molecule has 90 valence electrons. The second kappa shape index (κ2) is 5.21. The van der Waals surface area contributed by atoms with Crippen LogP contribution >= 0.6 is 0 Å². The van der Waals surface area contributed by atoms with E-state index in [2.05, 4.69) is 10.3 Å². The number of rotatable bonds is 5. The third-order valence-electron chi connectivity index (χ3n) is 1.98. The highest BCUT2D eigenvalue weighted by Gasteiger charge is 2.17. The molecule has 0 unspecified atom stereocenters. The van der Waals surface area contributed by atoms with Crippen LogP contribution in [0, 0.1) is 0 Å². The summed E-state index contributed by atoms with van der Waals surface area (Å²) in [5.74, 6) is -0.0756. The second-order valence-corrected chi connectivity index (χ2v) is 4.67. The van der Waals surface area contributed by atoms with Gasteiger partial charge in [0, 0.05) is 6.54 Å². The molecule has 1 rings (SSSR count). The van der Waals surface area contributed by atoms with Crippen molar-refractivity contribution in [2.75, 3.05) is 6.61 Å². The van der Waals surface area contributed by atoms with Gasteiger partial charge < -0.3 is 4.74 Å². The van der Waals surface area contributed by atoms with Crippen molar-refractivity contribution in [2.24, 2.45) is 0 Å². The molecule has 0 radical (unpaired) electrons. The zero-order valence-corrected chi connectivity index (χ0v) is 10.4. The zero-order valence-electron chi connectivity index (χ0n) is 10.4. The summed E-state index contributed by atoms with van der Waals surface area (Å²) in [4.78, 5) is 11.8. The monoisotopic (exact) mass is 225 g/mol. The van der Waals surface area contributed by atoms with Gasteiger partial charge in [-0.05, 0) is 27.2 Å². The lowest BCUT2D eigenvalue weighted by Crippen LogP contribution is -2.25. The molecule has 0 saturated carbocycles. The average Bonchev–Trinajstić information content (AvgIpc) is 2.62. The van der Waals surface area contributed by atoms with Crippen LogP contribution in [-0.2, 0) is 11.3 Å². The fraction of sp³-hybridized carbons (Fsp3) is 0.727. The van der Waals surface area contributed by atoms with Gasteiger partial charge in [-0.15, -0.1) is 5.10 Å². The standard InChI is InChI=1S/C11H19N3O2/c1-5-6-14-9(7-12-13-14)10(15)8-16-11(2,3)4/h7H,5-6,8H2,1-4H3. The zero-order chi connectivity index (χ0) is 12.2. The van der Waals surface area contributed by atoms with Gasteiger partial charge in [-0.25, -0.2) is 4.68 Å². The summed E-state index contributed by atoms with van der Waals surface area (Å²) in [7, 11) is 0. The molecule has 0 bridgehead atoms. The molecule has 0 aliphatic carbocycles. The smallest absolute Gasteiger partial charge is 0.208 e. The van der Waals surface area contributed by atoms with Crippen LogP contribution in [-0.4, -0.2) is 33.0 Å². The molecular weight excluding hydrogens is 206 g/mol. The normalized spacial score (nSPS) is 11.8. The van der Waals surface area contributed by atoms with E-state index in [-0.39, 0.29) is 18.0 Å². The second-order valence-electron chi connectivity index (χ2n) is 4.67. The highest BCUT2D eigenvalue weighted by molar-refractivity contribution is 5.95. The third kappa shape index (κ3) is 3.73. The first kappa shape index (κ1) is 12.8. The lowest BCUT2D eigenvalue weighted by atomic mass is 10.2. The van der Waals surface area contributed by atoms with E-state index in [0.717, 1.165) is 6.42 Å². The van der Waals surface area contributed by atoms with Gasteiger partial charge >= 0.3 is 0 Å². The number of carbonyl (C=O) groups excluding carboxylic acids is 1. The van der Waals surface area contributed by atoms with Crippen LogP contribution in [0.2, 0.25) is 0 Å². The maximum absolute atomic E-state index is 11.8. The summed E-state index contributed by atoms with van der Waals surface area (Å²) >= 11 is 0. The van der Waals surface area contributed by atoms with E-state index in [1.807, 2.05) is 27.7 Å².